The number of alkyl halides is 3. The second kappa shape index (κ2) is 5.47. The maximum Gasteiger partial charge on any atom is 0.450 e. The first-order chi connectivity index (χ1) is 8.25. The molecule has 1 rings (SSSR count). The molecule has 1 heterocycles. The van der Waals surface area contributed by atoms with Crippen molar-refractivity contribution in [3.8, 4) is 0 Å². The molecule has 0 fully saturated rings. The number of carbonyl (C=O) groups is 1. The smallest absolute Gasteiger partial charge is 0.373 e. The van der Waals surface area contributed by atoms with Crippen LogP contribution in [0.3, 0.4) is 0 Å². The summed E-state index contributed by atoms with van der Waals surface area (Å²) < 4.78 is 45.8. The molecule has 1 aromatic rings. The predicted molar refractivity (Wildman–Crippen MR) is 53.7 cm³/mol. The molecule has 0 aliphatic carbocycles. The number of ketones is 1. The van der Waals surface area contributed by atoms with E-state index in [-0.39, 0.29) is 17.6 Å². The van der Waals surface area contributed by atoms with Gasteiger partial charge in [-0.15, -0.1) is 0 Å². The summed E-state index contributed by atoms with van der Waals surface area (Å²) in [5.74, 6) is -2.12. The molecule has 0 saturated carbocycles. The molecule has 8 heteroatoms. The Morgan fingerprint density at radius 2 is 2.06 bits per heavy atom. The van der Waals surface area contributed by atoms with E-state index in [0.717, 1.165) is 0 Å². The maximum absolute atomic E-state index is 12.0. The number of hydrogen-bond donors (Lipinski definition) is 0. The summed E-state index contributed by atoms with van der Waals surface area (Å²) in [6.07, 6.45) is -6.33. The van der Waals surface area contributed by atoms with Crippen LogP contribution in [0.25, 0.3) is 0 Å². The summed E-state index contributed by atoms with van der Waals surface area (Å²) in [5, 5.41) is 3.51. The zero-order chi connectivity index (χ0) is 13.9. The Labute approximate surface area is 101 Å². The van der Waals surface area contributed by atoms with Crippen molar-refractivity contribution in [2.45, 2.75) is 32.5 Å². The molecule has 1 unspecified atom stereocenters. The lowest BCUT2D eigenvalue weighted by atomic mass is 10.1. The zero-order valence-corrected chi connectivity index (χ0v) is 10.1. The van der Waals surface area contributed by atoms with Gasteiger partial charge in [-0.05, 0) is 5.92 Å². The number of Topliss-reactive ketones (excluding diaryl/α,β-unsaturated/α-hetero) is 1. The quantitative estimate of drug-likeness (QED) is 0.816. The molecular formula is C10H13F3N2O3. The van der Waals surface area contributed by atoms with Crippen LogP contribution >= 0.6 is 0 Å². The standard InChI is InChI=1S/C10H13F3N2O3/c1-5(2)8(17-3)9-14-7(18-15-9)4-6(16)10(11,12)13/h5,8H,4H2,1-3H3. The average molecular weight is 266 g/mol. The van der Waals surface area contributed by atoms with Crippen LogP contribution in [-0.4, -0.2) is 29.2 Å². The Balaban J connectivity index is 2.78. The van der Waals surface area contributed by atoms with Crippen LogP contribution in [0.2, 0.25) is 0 Å². The predicted octanol–water partition coefficient (Wildman–Crippen LogP) is 2.09. The lowest BCUT2D eigenvalue weighted by Gasteiger charge is -2.14. The fourth-order valence-electron chi connectivity index (χ4n) is 1.37. The third kappa shape index (κ3) is 3.52. The Kier molecular flexibility index (Phi) is 4.44. The van der Waals surface area contributed by atoms with Gasteiger partial charge in [0.25, 0.3) is 0 Å². The fourth-order valence-corrected chi connectivity index (χ4v) is 1.37. The Hall–Kier alpha value is -1.44. The van der Waals surface area contributed by atoms with Gasteiger partial charge in [-0.2, -0.15) is 18.2 Å². The molecule has 1 atom stereocenters. The normalized spacial score (nSPS) is 13.9. The second-order valence-corrected chi connectivity index (χ2v) is 4.04. The van der Waals surface area contributed by atoms with E-state index in [2.05, 4.69) is 14.7 Å². The molecule has 5 nitrogen and oxygen atoms in total. The van der Waals surface area contributed by atoms with Crippen LogP contribution in [0.4, 0.5) is 13.2 Å². The van der Waals surface area contributed by atoms with Gasteiger partial charge in [0.1, 0.15) is 6.10 Å². The molecule has 0 aliphatic heterocycles. The van der Waals surface area contributed by atoms with Gasteiger partial charge in [-0.3, -0.25) is 4.79 Å². The number of hydrogen-bond acceptors (Lipinski definition) is 5. The Bertz CT molecular complexity index is 415. The maximum atomic E-state index is 12.0. The lowest BCUT2D eigenvalue weighted by molar-refractivity contribution is -0.170. The van der Waals surface area contributed by atoms with E-state index in [1.54, 1.807) is 0 Å². The third-order valence-electron chi connectivity index (χ3n) is 2.23. The number of methoxy groups -OCH3 is 1. The molecule has 0 saturated heterocycles. The van der Waals surface area contributed by atoms with E-state index in [4.69, 9.17) is 4.74 Å². The summed E-state index contributed by atoms with van der Waals surface area (Å²) in [4.78, 5) is 14.5. The van der Waals surface area contributed by atoms with Crippen molar-refractivity contribution < 1.29 is 27.2 Å². The minimum atomic E-state index is -4.90. The molecule has 0 aromatic carbocycles. The summed E-state index contributed by atoms with van der Waals surface area (Å²) in [5.41, 5.74) is 0. The van der Waals surface area contributed by atoms with Crippen molar-refractivity contribution in [2.75, 3.05) is 7.11 Å². The highest BCUT2D eigenvalue weighted by Gasteiger charge is 2.39. The highest BCUT2D eigenvalue weighted by atomic mass is 19.4. The molecular weight excluding hydrogens is 253 g/mol. The van der Waals surface area contributed by atoms with E-state index in [9.17, 15) is 18.0 Å². The van der Waals surface area contributed by atoms with Crippen molar-refractivity contribution >= 4 is 5.78 Å². The summed E-state index contributed by atoms with van der Waals surface area (Å²) >= 11 is 0. The molecule has 1 aromatic heterocycles. The Morgan fingerprint density at radius 1 is 1.44 bits per heavy atom. The minimum Gasteiger partial charge on any atom is -0.373 e. The number of aromatic nitrogens is 2. The Morgan fingerprint density at radius 3 is 2.50 bits per heavy atom. The SMILES string of the molecule is COC(c1noc(CC(=O)C(F)(F)F)n1)C(C)C. The molecule has 18 heavy (non-hydrogen) atoms. The summed E-state index contributed by atoms with van der Waals surface area (Å²) in [7, 11) is 1.43. The second-order valence-electron chi connectivity index (χ2n) is 4.04. The molecule has 0 bridgehead atoms. The van der Waals surface area contributed by atoms with Crippen LogP contribution in [-0.2, 0) is 16.0 Å². The average Bonchev–Trinajstić information content (AvgIpc) is 2.65. The largest absolute Gasteiger partial charge is 0.450 e. The third-order valence-corrected chi connectivity index (χ3v) is 2.23. The van der Waals surface area contributed by atoms with Crippen LogP contribution < -0.4 is 0 Å². The number of ether oxygens (including phenoxy) is 1. The van der Waals surface area contributed by atoms with Crippen LogP contribution in [0, 0.1) is 5.92 Å². The van der Waals surface area contributed by atoms with Gasteiger partial charge in [0.2, 0.25) is 17.5 Å². The van der Waals surface area contributed by atoms with Gasteiger partial charge in [-0.25, -0.2) is 0 Å². The topological polar surface area (TPSA) is 65.2 Å². The van der Waals surface area contributed by atoms with Crippen molar-refractivity contribution in [1.29, 1.82) is 0 Å². The van der Waals surface area contributed by atoms with Gasteiger partial charge in [0.15, 0.2) is 0 Å². The van der Waals surface area contributed by atoms with Gasteiger partial charge >= 0.3 is 6.18 Å². The highest BCUT2D eigenvalue weighted by Crippen LogP contribution is 2.23. The van der Waals surface area contributed by atoms with Crippen molar-refractivity contribution in [2.24, 2.45) is 5.92 Å². The molecule has 0 radical (unpaired) electrons. The van der Waals surface area contributed by atoms with E-state index in [1.807, 2.05) is 13.8 Å². The first-order valence-electron chi connectivity index (χ1n) is 5.21. The molecule has 0 N–H and O–H groups in total. The van der Waals surface area contributed by atoms with Gasteiger partial charge < -0.3 is 9.26 Å². The monoisotopic (exact) mass is 266 g/mol. The van der Waals surface area contributed by atoms with Crippen LogP contribution in [0.5, 0.6) is 0 Å². The van der Waals surface area contributed by atoms with Gasteiger partial charge in [0.05, 0.1) is 6.42 Å². The fraction of sp³-hybridized carbons (Fsp3) is 0.700. The molecule has 0 aliphatic rings. The van der Waals surface area contributed by atoms with Gasteiger partial charge in [0, 0.05) is 7.11 Å². The molecule has 0 spiro atoms. The van der Waals surface area contributed by atoms with E-state index in [1.165, 1.54) is 7.11 Å². The zero-order valence-electron chi connectivity index (χ0n) is 10.1. The molecule has 102 valence electrons. The lowest BCUT2D eigenvalue weighted by Crippen LogP contribution is -2.24. The highest BCUT2D eigenvalue weighted by molar-refractivity contribution is 5.85. The summed E-state index contributed by atoms with van der Waals surface area (Å²) in [6.45, 7) is 3.68. The number of nitrogens with zero attached hydrogens (tertiary/aromatic N) is 2. The minimum absolute atomic E-state index is 0.0266. The van der Waals surface area contributed by atoms with Gasteiger partial charge in [-0.1, -0.05) is 19.0 Å². The van der Waals surface area contributed by atoms with Crippen molar-refractivity contribution in [1.82, 2.24) is 10.1 Å². The number of carbonyl (C=O) groups excluding carboxylic acids is 1. The van der Waals surface area contributed by atoms with E-state index in [0.29, 0.717) is 0 Å². The van der Waals surface area contributed by atoms with Crippen LogP contribution in [0.1, 0.15) is 31.7 Å². The van der Waals surface area contributed by atoms with Crippen molar-refractivity contribution in [3.05, 3.63) is 11.7 Å². The first-order valence-corrected chi connectivity index (χ1v) is 5.21. The van der Waals surface area contributed by atoms with Crippen molar-refractivity contribution in [3.63, 3.8) is 0 Å². The van der Waals surface area contributed by atoms with E-state index < -0.39 is 24.5 Å². The molecule has 0 amide bonds. The first kappa shape index (κ1) is 14.6. The van der Waals surface area contributed by atoms with Crippen LogP contribution in [0.15, 0.2) is 4.52 Å². The number of rotatable bonds is 5. The number of halogens is 3. The van der Waals surface area contributed by atoms with E-state index >= 15 is 0 Å². The summed E-state index contributed by atoms with van der Waals surface area (Å²) in [6, 6.07) is 0.